The molecule has 0 aromatic rings. The number of hydrogen-bond acceptors (Lipinski definition) is 5. The van der Waals surface area contributed by atoms with E-state index in [0.717, 1.165) is 11.3 Å². The summed E-state index contributed by atoms with van der Waals surface area (Å²) in [4.78, 5) is 62.8. The van der Waals surface area contributed by atoms with Crippen molar-refractivity contribution in [2.24, 2.45) is 17.3 Å². The molecule has 3 atom stereocenters. The molecule has 0 aliphatic carbocycles. The lowest BCUT2D eigenvalue weighted by molar-refractivity contribution is -0.150. The van der Waals surface area contributed by atoms with Crippen LogP contribution in [0, 0.1) is 17.3 Å². The third kappa shape index (κ3) is 5.33. The van der Waals surface area contributed by atoms with Crippen LogP contribution in [-0.2, 0) is 24.0 Å². The molecule has 2 saturated heterocycles. The van der Waals surface area contributed by atoms with E-state index in [1.807, 2.05) is 13.8 Å². The molecular weight excluding hydrogens is 378 g/mol. The van der Waals surface area contributed by atoms with Crippen molar-refractivity contribution >= 4 is 29.6 Å². The maximum absolute atomic E-state index is 13.0. The molecule has 9 heteroatoms. The van der Waals surface area contributed by atoms with Crippen LogP contribution in [0.25, 0.3) is 0 Å². The van der Waals surface area contributed by atoms with E-state index >= 15 is 0 Å². The third-order valence-corrected chi connectivity index (χ3v) is 5.50. The lowest BCUT2D eigenvalue weighted by Gasteiger charge is -2.30. The summed E-state index contributed by atoms with van der Waals surface area (Å²) in [5, 5.41) is 14.7. The molecule has 0 spiro atoms. The van der Waals surface area contributed by atoms with Gasteiger partial charge in [-0.1, -0.05) is 27.7 Å². The van der Waals surface area contributed by atoms with E-state index < -0.39 is 47.1 Å². The molecule has 3 N–H and O–H groups in total. The van der Waals surface area contributed by atoms with Crippen molar-refractivity contribution in [2.45, 2.75) is 71.9 Å². The summed E-state index contributed by atoms with van der Waals surface area (Å²) < 4.78 is 0. The van der Waals surface area contributed by atoms with Crippen LogP contribution < -0.4 is 10.6 Å². The van der Waals surface area contributed by atoms with E-state index in [9.17, 15) is 29.1 Å². The van der Waals surface area contributed by atoms with Crippen LogP contribution in [0.2, 0.25) is 0 Å². The second-order valence-corrected chi connectivity index (χ2v) is 9.04. The van der Waals surface area contributed by atoms with E-state index in [-0.39, 0.29) is 31.1 Å². The van der Waals surface area contributed by atoms with Gasteiger partial charge in [0.25, 0.3) is 0 Å². The van der Waals surface area contributed by atoms with Gasteiger partial charge < -0.3 is 15.7 Å². The van der Waals surface area contributed by atoms with Crippen molar-refractivity contribution in [3.05, 3.63) is 0 Å². The molecule has 0 unspecified atom stereocenters. The van der Waals surface area contributed by atoms with Crippen molar-refractivity contribution in [1.29, 1.82) is 0 Å². The topological polar surface area (TPSA) is 133 Å². The quantitative estimate of drug-likeness (QED) is 0.505. The summed E-state index contributed by atoms with van der Waals surface area (Å²) >= 11 is 0. The van der Waals surface area contributed by atoms with E-state index in [4.69, 9.17) is 0 Å². The number of carboxylic acids is 1. The smallest absolute Gasteiger partial charge is 0.326 e. The number of carboxylic acid groups (broad SMARTS) is 1. The number of carbonyl (C=O) groups excluding carboxylic acids is 4. The molecule has 9 nitrogen and oxygen atoms in total. The van der Waals surface area contributed by atoms with Crippen LogP contribution in [0.1, 0.15) is 59.8 Å². The normalized spacial score (nSPS) is 23.7. The van der Waals surface area contributed by atoms with E-state index in [1.165, 1.54) is 0 Å². The molecular formula is C20H31N3O6. The second kappa shape index (κ2) is 8.92. The molecule has 0 bridgehead atoms. The Balaban J connectivity index is 2.19. The highest BCUT2D eigenvalue weighted by molar-refractivity contribution is 6.08. The second-order valence-electron chi connectivity index (χ2n) is 9.04. The van der Waals surface area contributed by atoms with Crippen molar-refractivity contribution in [3.63, 3.8) is 0 Å². The fraction of sp³-hybridized carbons (Fsp3) is 0.750. The highest BCUT2D eigenvalue weighted by Gasteiger charge is 2.49. The minimum atomic E-state index is -1.27. The van der Waals surface area contributed by atoms with Gasteiger partial charge in [-0.05, 0) is 31.6 Å². The zero-order valence-corrected chi connectivity index (χ0v) is 17.5. The Bertz CT molecular complexity index is 702. The SMILES string of the molecule is CC(C)C[C@@H](C(=O)N[C@@H](C[C@@H]1CCCNC1=O)C(=O)O)N1C(=O)CC(C)(C)C1=O. The summed E-state index contributed by atoms with van der Waals surface area (Å²) in [5.74, 6) is -3.51. The maximum Gasteiger partial charge on any atom is 0.326 e. The van der Waals surface area contributed by atoms with Gasteiger partial charge >= 0.3 is 5.97 Å². The molecule has 2 rings (SSSR count). The number of aliphatic carboxylic acids is 1. The number of hydrogen-bond donors (Lipinski definition) is 3. The van der Waals surface area contributed by atoms with Gasteiger partial charge in [-0.15, -0.1) is 0 Å². The zero-order chi connectivity index (χ0) is 21.9. The van der Waals surface area contributed by atoms with Gasteiger partial charge in [0.05, 0.1) is 5.41 Å². The molecule has 2 heterocycles. The van der Waals surface area contributed by atoms with E-state index in [0.29, 0.717) is 13.0 Å². The number of imide groups is 1. The summed E-state index contributed by atoms with van der Waals surface area (Å²) in [7, 11) is 0. The number of likely N-dealkylation sites (tertiary alicyclic amines) is 1. The molecule has 29 heavy (non-hydrogen) atoms. The van der Waals surface area contributed by atoms with Crippen LogP contribution in [0.5, 0.6) is 0 Å². The van der Waals surface area contributed by atoms with Crippen molar-refractivity contribution in [2.75, 3.05) is 6.54 Å². The first-order valence-corrected chi connectivity index (χ1v) is 10.1. The van der Waals surface area contributed by atoms with Crippen molar-refractivity contribution in [3.8, 4) is 0 Å². The first kappa shape index (κ1) is 22.8. The van der Waals surface area contributed by atoms with Gasteiger partial charge in [0.2, 0.25) is 23.6 Å². The standard InChI is InChI=1S/C20H31N3O6/c1-11(2)8-14(23-15(24)10-20(3,4)19(23)29)17(26)22-13(18(27)28)9-12-6-5-7-21-16(12)25/h11-14H,5-10H2,1-4H3,(H,21,25)(H,22,26)(H,27,28)/t12-,13-,14-/m0/s1. The van der Waals surface area contributed by atoms with E-state index in [1.54, 1.807) is 13.8 Å². The van der Waals surface area contributed by atoms with Crippen LogP contribution in [0.3, 0.4) is 0 Å². The Morgan fingerprint density at radius 1 is 1.28 bits per heavy atom. The maximum atomic E-state index is 13.0. The Morgan fingerprint density at radius 2 is 1.93 bits per heavy atom. The van der Waals surface area contributed by atoms with Crippen molar-refractivity contribution in [1.82, 2.24) is 15.5 Å². The average molecular weight is 409 g/mol. The van der Waals surface area contributed by atoms with Crippen LogP contribution >= 0.6 is 0 Å². The number of nitrogens with zero attached hydrogens (tertiary/aromatic N) is 1. The molecule has 2 aliphatic heterocycles. The zero-order valence-electron chi connectivity index (χ0n) is 17.5. The highest BCUT2D eigenvalue weighted by Crippen LogP contribution is 2.34. The summed E-state index contributed by atoms with van der Waals surface area (Å²) in [5.41, 5.74) is -0.890. The van der Waals surface area contributed by atoms with Gasteiger partial charge in [-0.25, -0.2) is 4.79 Å². The molecule has 4 amide bonds. The van der Waals surface area contributed by atoms with Crippen LogP contribution in [-0.4, -0.2) is 58.2 Å². The van der Waals surface area contributed by atoms with Gasteiger partial charge in [0, 0.05) is 18.9 Å². The number of piperidine rings is 1. The van der Waals surface area contributed by atoms with Gasteiger partial charge in [0.1, 0.15) is 12.1 Å². The number of rotatable bonds is 8. The summed E-state index contributed by atoms with van der Waals surface area (Å²) in [6.07, 6.45) is 1.51. The monoisotopic (exact) mass is 409 g/mol. The Labute approximate surface area is 170 Å². The van der Waals surface area contributed by atoms with Gasteiger partial charge in [0.15, 0.2) is 0 Å². The number of nitrogens with one attached hydrogen (secondary N) is 2. The largest absolute Gasteiger partial charge is 0.480 e. The first-order valence-electron chi connectivity index (χ1n) is 10.1. The lowest BCUT2D eigenvalue weighted by atomic mass is 9.91. The third-order valence-electron chi connectivity index (χ3n) is 5.50. The minimum Gasteiger partial charge on any atom is -0.480 e. The fourth-order valence-corrected chi connectivity index (χ4v) is 3.90. The predicted octanol–water partition coefficient (Wildman–Crippen LogP) is 0.672. The van der Waals surface area contributed by atoms with Crippen LogP contribution in [0.15, 0.2) is 0 Å². The van der Waals surface area contributed by atoms with Crippen molar-refractivity contribution < 1.29 is 29.1 Å². The molecule has 0 radical (unpaired) electrons. The Kier molecular flexibility index (Phi) is 7.02. The van der Waals surface area contributed by atoms with Gasteiger partial charge in [-0.3, -0.25) is 24.1 Å². The van der Waals surface area contributed by atoms with E-state index in [2.05, 4.69) is 10.6 Å². The molecule has 0 aromatic heterocycles. The lowest BCUT2D eigenvalue weighted by Crippen LogP contribution is -2.55. The predicted molar refractivity (Wildman–Crippen MR) is 103 cm³/mol. The molecule has 0 aromatic carbocycles. The summed E-state index contributed by atoms with van der Waals surface area (Å²) in [6, 6.07) is -2.34. The summed E-state index contributed by atoms with van der Waals surface area (Å²) in [6.45, 7) is 7.58. The van der Waals surface area contributed by atoms with Gasteiger partial charge in [-0.2, -0.15) is 0 Å². The number of amides is 4. The fourth-order valence-electron chi connectivity index (χ4n) is 3.90. The Morgan fingerprint density at radius 3 is 2.41 bits per heavy atom. The first-order chi connectivity index (χ1) is 13.4. The molecule has 2 aliphatic rings. The van der Waals surface area contributed by atoms with Crippen LogP contribution in [0.4, 0.5) is 0 Å². The minimum absolute atomic E-state index is 0.00228. The molecule has 2 fully saturated rings. The number of carbonyl (C=O) groups is 5. The highest BCUT2D eigenvalue weighted by atomic mass is 16.4. The molecule has 162 valence electrons. The average Bonchev–Trinajstić information content (AvgIpc) is 2.81. The Hall–Kier alpha value is -2.45. The molecule has 0 saturated carbocycles.